The van der Waals surface area contributed by atoms with Gasteiger partial charge in [-0.3, -0.25) is 4.79 Å². The Kier molecular flexibility index (Phi) is 5.70. The summed E-state index contributed by atoms with van der Waals surface area (Å²) in [7, 11) is 1.66. The molecule has 0 unspecified atom stereocenters. The van der Waals surface area contributed by atoms with Crippen LogP contribution in [0, 0.1) is 13.8 Å². The second-order valence-corrected chi connectivity index (χ2v) is 6.71. The van der Waals surface area contributed by atoms with Gasteiger partial charge >= 0.3 is 0 Å². The van der Waals surface area contributed by atoms with Crippen molar-refractivity contribution in [3.05, 3.63) is 22.0 Å². The summed E-state index contributed by atoms with van der Waals surface area (Å²) in [4.78, 5) is 25.6. The van der Waals surface area contributed by atoms with Crippen molar-refractivity contribution in [3.8, 4) is 0 Å². The van der Waals surface area contributed by atoms with Gasteiger partial charge in [0.25, 0.3) is 5.91 Å². The highest BCUT2D eigenvalue weighted by molar-refractivity contribution is 7.20. The van der Waals surface area contributed by atoms with Gasteiger partial charge in [-0.1, -0.05) is 6.92 Å². The van der Waals surface area contributed by atoms with Gasteiger partial charge in [-0.2, -0.15) is 0 Å². The van der Waals surface area contributed by atoms with Crippen LogP contribution >= 0.6 is 11.3 Å². The first kappa shape index (κ1) is 17.8. The molecular formula is C17H25N3O2S. The third kappa shape index (κ3) is 3.38. The van der Waals surface area contributed by atoms with Crippen LogP contribution in [-0.4, -0.2) is 47.1 Å². The van der Waals surface area contributed by atoms with Crippen LogP contribution in [0.3, 0.4) is 0 Å². The number of rotatable bonds is 6. The molecule has 0 aliphatic carbocycles. The zero-order valence-corrected chi connectivity index (χ0v) is 15.6. The normalized spacial score (nSPS) is 12.6. The van der Waals surface area contributed by atoms with Crippen molar-refractivity contribution in [1.29, 1.82) is 0 Å². The average molecular weight is 335 g/mol. The molecule has 1 atom stereocenters. The quantitative estimate of drug-likeness (QED) is 0.812. The Hall–Kier alpha value is -1.53. The van der Waals surface area contributed by atoms with Crippen LogP contribution in [0.4, 0.5) is 0 Å². The summed E-state index contributed by atoms with van der Waals surface area (Å²) in [5, 5.41) is 1.02. The minimum Gasteiger partial charge on any atom is -0.383 e. The fourth-order valence-electron chi connectivity index (χ4n) is 2.87. The van der Waals surface area contributed by atoms with E-state index in [1.54, 1.807) is 7.11 Å². The second-order valence-electron chi connectivity index (χ2n) is 5.71. The van der Waals surface area contributed by atoms with E-state index in [0.717, 1.165) is 38.6 Å². The van der Waals surface area contributed by atoms with Crippen LogP contribution < -0.4 is 0 Å². The highest BCUT2D eigenvalue weighted by Gasteiger charge is 2.25. The van der Waals surface area contributed by atoms with E-state index in [4.69, 9.17) is 4.74 Å². The van der Waals surface area contributed by atoms with Crippen molar-refractivity contribution < 1.29 is 9.53 Å². The number of likely N-dealkylation sites (N-methyl/N-ethyl adjacent to an activating group) is 1. The molecule has 126 valence electrons. The Bertz CT molecular complexity index is 711. The molecule has 2 aromatic rings. The molecule has 0 saturated heterocycles. The van der Waals surface area contributed by atoms with Crippen molar-refractivity contribution >= 4 is 27.5 Å². The van der Waals surface area contributed by atoms with Crippen LogP contribution in [-0.2, 0) is 11.2 Å². The maximum Gasteiger partial charge on any atom is 0.264 e. The minimum absolute atomic E-state index is 0.0421. The lowest BCUT2D eigenvalue weighted by Crippen LogP contribution is -2.40. The molecule has 23 heavy (non-hydrogen) atoms. The number of aromatic nitrogens is 2. The molecular weight excluding hydrogens is 310 g/mol. The number of amides is 1. The summed E-state index contributed by atoms with van der Waals surface area (Å²) in [6.45, 7) is 11.2. The summed E-state index contributed by atoms with van der Waals surface area (Å²) < 4.78 is 5.20. The van der Waals surface area contributed by atoms with Crippen LogP contribution in [0.15, 0.2) is 0 Å². The highest BCUT2D eigenvalue weighted by Crippen LogP contribution is 2.32. The van der Waals surface area contributed by atoms with Crippen molar-refractivity contribution in [3.63, 3.8) is 0 Å². The summed E-state index contributed by atoms with van der Waals surface area (Å²) >= 11 is 1.47. The number of nitrogens with zero attached hydrogens (tertiary/aromatic N) is 3. The first-order valence-electron chi connectivity index (χ1n) is 8.01. The molecule has 6 heteroatoms. The van der Waals surface area contributed by atoms with Crippen molar-refractivity contribution in [2.24, 2.45) is 0 Å². The predicted molar refractivity (Wildman–Crippen MR) is 94.3 cm³/mol. The van der Waals surface area contributed by atoms with Gasteiger partial charge in [0.05, 0.1) is 17.5 Å². The molecule has 0 fully saturated rings. The lowest BCUT2D eigenvalue weighted by atomic mass is 10.1. The van der Waals surface area contributed by atoms with E-state index in [9.17, 15) is 4.79 Å². The average Bonchev–Trinajstić information content (AvgIpc) is 2.85. The zero-order valence-electron chi connectivity index (χ0n) is 14.8. The van der Waals surface area contributed by atoms with E-state index >= 15 is 0 Å². The van der Waals surface area contributed by atoms with Gasteiger partial charge in [0.1, 0.15) is 10.7 Å². The topological polar surface area (TPSA) is 55.3 Å². The number of carbonyl (C=O) groups is 1. The van der Waals surface area contributed by atoms with Crippen molar-refractivity contribution in [2.45, 2.75) is 47.1 Å². The fraction of sp³-hybridized carbons (Fsp3) is 0.588. The molecule has 2 rings (SSSR count). The third-order valence-corrected chi connectivity index (χ3v) is 5.24. The van der Waals surface area contributed by atoms with Crippen LogP contribution in [0.5, 0.6) is 0 Å². The molecule has 0 aromatic carbocycles. The Balaban J connectivity index is 2.48. The first-order chi connectivity index (χ1) is 10.9. The van der Waals surface area contributed by atoms with Crippen LogP contribution in [0.25, 0.3) is 10.2 Å². The number of hydrogen-bond acceptors (Lipinski definition) is 5. The SMILES string of the molecule is CCc1nc(C)c2c(C)c(C(=O)N(CC)[C@H](C)COC)sc2n1. The van der Waals surface area contributed by atoms with E-state index in [-0.39, 0.29) is 11.9 Å². The third-order valence-electron chi connectivity index (χ3n) is 4.07. The highest BCUT2D eigenvalue weighted by atomic mass is 32.1. The van der Waals surface area contributed by atoms with Gasteiger partial charge in [0, 0.05) is 31.2 Å². The number of carbonyl (C=O) groups excluding carboxylic acids is 1. The van der Waals surface area contributed by atoms with Gasteiger partial charge in [-0.25, -0.2) is 9.97 Å². The second kappa shape index (κ2) is 7.36. The van der Waals surface area contributed by atoms with Gasteiger partial charge in [-0.15, -0.1) is 11.3 Å². The molecule has 0 N–H and O–H groups in total. The lowest BCUT2D eigenvalue weighted by molar-refractivity contribution is 0.0583. The fourth-order valence-corrected chi connectivity index (χ4v) is 4.08. The Morgan fingerprint density at radius 2 is 2.00 bits per heavy atom. The lowest BCUT2D eigenvalue weighted by Gasteiger charge is -2.27. The summed E-state index contributed by atoms with van der Waals surface area (Å²) in [6.07, 6.45) is 0.795. The molecule has 0 aliphatic heterocycles. The standard InChI is InChI=1S/C17H25N3O2S/c1-7-13-18-12(5)14-11(4)15(23-16(14)19-13)17(21)20(8-2)10(3)9-22-6/h10H,7-9H2,1-6H3/t10-/m1/s1. The van der Waals surface area contributed by atoms with E-state index in [0.29, 0.717) is 13.2 Å². The van der Waals surface area contributed by atoms with Crippen molar-refractivity contribution in [1.82, 2.24) is 14.9 Å². The zero-order chi connectivity index (χ0) is 17.1. The Morgan fingerprint density at radius 3 is 2.57 bits per heavy atom. The van der Waals surface area contributed by atoms with Crippen LogP contribution in [0.1, 0.15) is 47.5 Å². The monoisotopic (exact) mass is 335 g/mol. The molecule has 0 saturated carbocycles. The predicted octanol–water partition coefficient (Wildman–Crippen LogP) is 3.37. The Morgan fingerprint density at radius 1 is 1.30 bits per heavy atom. The van der Waals surface area contributed by atoms with Gasteiger partial charge in [-0.05, 0) is 33.3 Å². The molecule has 0 aliphatic rings. The summed E-state index contributed by atoms with van der Waals surface area (Å²) in [5.41, 5.74) is 1.94. The number of fused-ring (bicyclic) bond motifs is 1. The Labute approximate surface area is 141 Å². The molecule has 0 spiro atoms. The van der Waals surface area contributed by atoms with Crippen LogP contribution in [0.2, 0.25) is 0 Å². The largest absolute Gasteiger partial charge is 0.383 e. The molecule has 0 bridgehead atoms. The number of hydrogen-bond donors (Lipinski definition) is 0. The van der Waals surface area contributed by atoms with E-state index in [1.807, 2.05) is 39.5 Å². The summed E-state index contributed by atoms with van der Waals surface area (Å²) in [6, 6.07) is 0.0421. The molecule has 5 nitrogen and oxygen atoms in total. The molecule has 0 radical (unpaired) electrons. The summed E-state index contributed by atoms with van der Waals surface area (Å²) in [5.74, 6) is 0.880. The number of thiophene rings is 1. The van der Waals surface area contributed by atoms with Gasteiger partial charge in [0.2, 0.25) is 0 Å². The van der Waals surface area contributed by atoms with E-state index < -0.39 is 0 Å². The molecule has 1 amide bonds. The number of methoxy groups -OCH3 is 1. The molecule has 2 aromatic heterocycles. The van der Waals surface area contributed by atoms with Gasteiger partial charge in [0.15, 0.2) is 0 Å². The maximum atomic E-state index is 13.0. The first-order valence-corrected chi connectivity index (χ1v) is 8.82. The number of aryl methyl sites for hydroxylation is 3. The van der Waals surface area contributed by atoms with Gasteiger partial charge < -0.3 is 9.64 Å². The minimum atomic E-state index is 0.0421. The van der Waals surface area contributed by atoms with E-state index in [1.165, 1.54) is 11.3 Å². The smallest absolute Gasteiger partial charge is 0.264 e. The molecule has 2 heterocycles. The van der Waals surface area contributed by atoms with Crippen molar-refractivity contribution in [2.75, 3.05) is 20.3 Å². The maximum absolute atomic E-state index is 13.0. The number of ether oxygens (including phenoxy) is 1. The van der Waals surface area contributed by atoms with E-state index in [2.05, 4.69) is 9.97 Å².